The highest BCUT2D eigenvalue weighted by Gasteiger charge is 2.67. The Kier molecular flexibility index (Phi) is 2.52. The average Bonchev–Trinajstić information content (AvgIpc) is 2.72. The van der Waals surface area contributed by atoms with Crippen molar-refractivity contribution >= 4 is 11.9 Å². The lowest BCUT2D eigenvalue weighted by atomic mass is 9.84. The van der Waals surface area contributed by atoms with Gasteiger partial charge in [-0.25, -0.2) is 0 Å². The van der Waals surface area contributed by atoms with Gasteiger partial charge in [-0.2, -0.15) is 0 Å². The molecule has 2 N–H and O–H groups in total. The first-order valence-electron chi connectivity index (χ1n) is 8.06. The molecule has 6 unspecified atom stereocenters. The van der Waals surface area contributed by atoms with Crippen LogP contribution in [0.5, 0.6) is 0 Å². The van der Waals surface area contributed by atoms with Gasteiger partial charge < -0.3 is 10.4 Å². The number of fused-ring (bicyclic) bond motifs is 5. The molecule has 1 amide bonds. The highest BCUT2D eigenvalue weighted by Crippen LogP contribution is 2.69. The first kappa shape index (κ1) is 12.7. The lowest BCUT2D eigenvalue weighted by Crippen LogP contribution is -2.48. The van der Waals surface area contributed by atoms with E-state index in [0.717, 1.165) is 24.7 Å². The van der Waals surface area contributed by atoms with Crippen molar-refractivity contribution < 1.29 is 14.7 Å². The van der Waals surface area contributed by atoms with E-state index in [4.69, 9.17) is 0 Å². The summed E-state index contributed by atoms with van der Waals surface area (Å²) < 4.78 is 0. The van der Waals surface area contributed by atoms with Crippen LogP contribution in [-0.2, 0) is 9.59 Å². The topological polar surface area (TPSA) is 66.4 Å². The molecule has 4 saturated carbocycles. The maximum atomic E-state index is 12.5. The van der Waals surface area contributed by atoms with Crippen LogP contribution in [0.3, 0.4) is 0 Å². The molecule has 0 saturated heterocycles. The van der Waals surface area contributed by atoms with Gasteiger partial charge >= 0.3 is 5.97 Å². The quantitative estimate of drug-likeness (QED) is 0.829. The van der Waals surface area contributed by atoms with Crippen LogP contribution in [0, 0.1) is 35.0 Å². The standard InChI is InChI=1S/C16H23NO3/c1-16(15(19)20)6-2-3-10(16)17-14(18)13-11-8-4-5-9(7-8)12(11)13/h8-13H,2-7H2,1H3,(H,17,18)(H,19,20). The summed E-state index contributed by atoms with van der Waals surface area (Å²) in [5.74, 6) is 2.43. The van der Waals surface area contributed by atoms with E-state index in [9.17, 15) is 14.7 Å². The van der Waals surface area contributed by atoms with E-state index in [2.05, 4.69) is 5.32 Å². The molecule has 0 radical (unpaired) electrons. The highest BCUT2D eigenvalue weighted by molar-refractivity contribution is 5.84. The van der Waals surface area contributed by atoms with Gasteiger partial charge in [0.2, 0.25) is 5.91 Å². The maximum Gasteiger partial charge on any atom is 0.311 e. The highest BCUT2D eigenvalue weighted by atomic mass is 16.4. The van der Waals surface area contributed by atoms with Crippen LogP contribution in [0.1, 0.15) is 45.4 Å². The lowest BCUT2D eigenvalue weighted by molar-refractivity contribution is -0.149. The normalized spacial score (nSPS) is 51.9. The number of amides is 1. The van der Waals surface area contributed by atoms with Gasteiger partial charge in [0, 0.05) is 12.0 Å². The lowest BCUT2D eigenvalue weighted by Gasteiger charge is -2.28. The van der Waals surface area contributed by atoms with Gasteiger partial charge in [-0.1, -0.05) is 6.42 Å². The molecule has 4 aliphatic rings. The molecule has 0 aliphatic heterocycles. The van der Waals surface area contributed by atoms with E-state index in [0.29, 0.717) is 18.3 Å². The fraction of sp³-hybridized carbons (Fsp3) is 0.875. The van der Waals surface area contributed by atoms with E-state index in [1.165, 1.54) is 19.3 Å². The van der Waals surface area contributed by atoms with Crippen molar-refractivity contribution in [3.63, 3.8) is 0 Å². The van der Waals surface area contributed by atoms with Gasteiger partial charge in [0.15, 0.2) is 0 Å². The number of nitrogens with one attached hydrogen (secondary N) is 1. The number of carboxylic acid groups (broad SMARTS) is 1. The van der Waals surface area contributed by atoms with Crippen LogP contribution in [0.2, 0.25) is 0 Å². The van der Waals surface area contributed by atoms with Crippen molar-refractivity contribution in [1.82, 2.24) is 5.32 Å². The predicted octanol–water partition coefficient (Wildman–Crippen LogP) is 2.04. The summed E-state index contributed by atoms with van der Waals surface area (Å²) in [5, 5.41) is 12.5. The van der Waals surface area contributed by atoms with Crippen LogP contribution in [0.25, 0.3) is 0 Å². The molecule has 0 aromatic heterocycles. The first-order chi connectivity index (χ1) is 9.52. The van der Waals surface area contributed by atoms with Gasteiger partial charge in [-0.05, 0) is 62.7 Å². The minimum absolute atomic E-state index is 0.149. The summed E-state index contributed by atoms with van der Waals surface area (Å²) in [7, 11) is 0. The largest absolute Gasteiger partial charge is 0.481 e. The van der Waals surface area contributed by atoms with Crippen molar-refractivity contribution in [3.05, 3.63) is 0 Å². The molecular formula is C16H23NO3. The second kappa shape index (κ2) is 3.99. The molecule has 4 rings (SSSR count). The van der Waals surface area contributed by atoms with Crippen molar-refractivity contribution in [2.75, 3.05) is 0 Å². The van der Waals surface area contributed by atoms with Crippen molar-refractivity contribution in [1.29, 1.82) is 0 Å². The number of carbonyl (C=O) groups excluding carboxylic acids is 1. The molecular weight excluding hydrogens is 254 g/mol. The van der Waals surface area contributed by atoms with E-state index < -0.39 is 11.4 Å². The zero-order chi connectivity index (χ0) is 14.1. The van der Waals surface area contributed by atoms with Gasteiger partial charge in [0.1, 0.15) is 0 Å². The first-order valence-corrected chi connectivity index (χ1v) is 8.06. The maximum absolute atomic E-state index is 12.5. The fourth-order valence-corrected chi connectivity index (χ4v) is 5.60. The summed E-state index contributed by atoms with van der Waals surface area (Å²) in [6.45, 7) is 1.78. The smallest absolute Gasteiger partial charge is 0.311 e. The molecule has 6 atom stereocenters. The van der Waals surface area contributed by atoms with E-state index in [1.807, 2.05) is 0 Å². The zero-order valence-corrected chi connectivity index (χ0v) is 12.0. The summed E-state index contributed by atoms with van der Waals surface area (Å²) in [4.78, 5) is 24.0. The SMILES string of the molecule is CC1(C(=O)O)CCCC1NC(=O)C1C2C3CCC(C3)C12. The van der Waals surface area contributed by atoms with E-state index in [-0.39, 0.29) is 17.9 Å². The van der Waals surface area contributed by atoms with E-state index in [1.54, 1.807) is 6.92 Å². The third-order valence-corrected chi connectivity index (χ3v) is 6.80. The van der Waals surface area contributed by atoms with Gasteiger partial charge in [0.25, 0.3) is 0 Å². The van der Waals surface area contributed by atoms with Crippen LogP contribution >= 0.6 is 0 Å². The second-order valence-corrected chi connectivity index (χ2v) is 7.69. The average molecular weight is 277 g/mol. The molecule has 0 heterocycles. The predicted molar refractivity (Wildman–Crippen MR) is 72.8 cm³/mol. The number of carboxylic acids is 1. The number of rotatable bonds is 3. The number of hydrogen-bond acceptors (Lipinski definition) is 2. The summed E-state index contributed by atoms with van der Waals surface area (Å²) in [5.41, 5.74) is -0.765. The number of hydrogen-bond donors (Lipinski definition) is 2. The zero-order valence-electron chi connectivity index (χ0n) is 12.0. The van der Waals surface area contributed by atoms with Gasteiger partial charge in [-0.15, -0.1) is 0 Å². The molecule has 4 aliphatic carbocycles. The minimum atomic E-state index is -0.767. The molecule has 2 bridgehead atoms. The molecule has 4 nitrogen and oxygen atoms in total. The molecule has 4 heteroatoms. The van der Waals surface area contributed by atoms with Crippen LogP contribution < -0.4 is 5.32 Å². The van der Waals surface area contributed by atoms with E-state index >= 15 is 0 Å². The van der Waals surface area contributed by atoms with Crippen LogP contribution in [-0.4, -0.2) is 23.0 Å². The molecule has 110 valence electrons. The van der Waals surface area contributed by atoms with Gasteiger partial charge in [-0.3, -0.25) is 9.59 Å². The monoisotopic (exact) mass is 277 g/mol. The number of aliphatic carboxylic acids is 1. The molecule has 0 aromatic rings. The van der Waals surface area contributed by atoms with Crippen LogP contribution in [0.15, 0.2) is 0 Å². The molecule has 0 aromatic carbocycles. The summed E-state index contributed by atoms with van der Waals surface area (Å²) >= 11 is 0. The Morgan fingerprint density at radius 1 is 1.15 bits per heavy atom. The Labute approximate surface area is 119 Å². The Morgan fingerprint density at radius 3 is 2.40 bits per heavy atom. The Bertz CT molecular complexity index is 460. The number of carbonyl (C=O) groups is 2. The third-order valence-electron chi connectivity index (χ3n) is 6.80. The molecule has 20 heavy (non-hydrogen) atoms. The van der Waals surface area contributed by atoms with Crippen molar-refractivity contribution in [3.8, 4) is 0 Å². The summed E-state index contributed by atoms with van der Waals surface area (Å²) in [6.07, 6.45) is 6.35. The third kappa shape index (κ3) is 1.54. The minimum Gasteiger partial charge on any atom is -0.481 e. The molecule has 4 fully saturated rings. The van der Waals surface area contributed by atoms with Crippen molar-refractivity contribution in [2.45, 2.75) is 51.5 Å². The van der Waals surface area contributed by atoms with Gasteiger partial charge in [0.05, 0.1) is 5.41 Å². The van der Waals surface area contributed by atoms with Crippen molar-refractivity contribution in [2.24, 2.45) is 35.0 Å². The second-order valence-electron chi connectivity index (χ2n) is 7.69. The Balaban J connectivity index is 1.43. The fourth-order valence-electron chi connectivity index (χ4n) is 5.60. The van der Waals surface area contributed by atoms with Crippen LogP contribution in [0.4, 0.5) is 0 Å². The Hall–Kier alpha value is -1.06. The Morgan fingerprint density at radius 2 is 1.80 bits per heavy atom. The molecule has 0 spiro atoms. The summed E-state index contributed by atoms with van der Waals surface area (Å²) in [6, 6.07) is -0.175.